The van der Waals surface area contributed by atoms with Crippen molar-refractivity contribution in [1.82, 2.24) is 0 Å². The van der Waals surface area contributed by atoms with Crippen LogP contribution in [0.5, 0.6) is 0 Å². The number of carbonyl (C=O) groups excluding carboxylic acids is 1. The SMILES string of the molecule is C=CC(C)(C)OC(=O)C1CCCCC1. The van der Waals surface area contributed by atoms with Gasteiger partial charge < -0.3 is 4.74 Å². The summed E-state index contributed by atoms with van der Waals surface area (Å²) < 4.78 is 5.37. The maximum Gasteiger partial charge on any atom is 0.309 e. The summed E-state index contributed by atoms with van der Waals surface area (Å²) >= 11 is 0. The monoisotopic (exact) mass is 196 g/mol. The number of hydrogen-bond donors (Lipinski definition) is 0. The van der Waals surface area contributed by atoms with Crippen molar-refractivity contribution in [1.29, 1.82) is 0 Å². The van der Waals surface area contributed by atoms with Gasteiger partial charge in [-0.1, -0.05) is 25.8 Å². The second-order valence-electron chi connectivity index (χ2n) is 4.56. The molecule has 2 heteroatoms. The van der Waals surface area contributed by atoms with E-state index in [0.717, 1.165) is 25.7 Å². The van der Waals surface area contributed by atoms with Crippen molar-refractivity contribution in [2.45, 2.75) is 51.6 Å². The predicted octanol–water partition coefficient (Wildman–Crippen LogP) is 3.07. The normalized spacial score (nSPS) is 19.0. The van der Waals surface area contributed by atoms with Gasteiger partial charge in [-0.2, -0.15) is 0 Å². The van der Waals surface area contributed by atoms with Gasteiger partial charge in [-0.05, 0) is 32.8 Å². The molecule has 0 unspecified atom stereocenters. The Morgan fingerprint density at radius 3 is 2.43 bits per heavy atom. The van der Waals surface area contributed by atoms with E-state index in [0.29, 0.717) is 0 Å². The molecule has 0 aromatic rings. The van der Waals surface area contributed by atoms with Gasteiger partial charge in [0.25, 0.3) is 0 Å². The van der Waals surface area contributed by atoms with Crippen molar-refractivity contribution in [3.8, 4) is 0 Å². The van der Waals surface area contributed by atoms with Crippen LogP contribution in [0, 0.1) is 5.92 Å². The number of rotatable bonds is 3. The highest BCUT2D eigenvalue weighted by molar-refractivity contribution is 5.73. The molecule has 80 valence electrons. The summed E-state index contributed by atoms with van der Waals surface area (Å²) in [6, 6.07) is 0. The van der Waals surface area contributed by atoms with E-state index in [2.05, 4.69) is 6.58 Å². The molecule has 1 rings (SSSR count). The minimum atomic E-state index is -0.519. The van der Waals surface area contributed by atoms with Crippen LogP contribution in [0.2, 0.25) is 0 Å². The molecule has 0 saturated heterocycles. The summed E-state index contributed by atoms with van der Waals surface area (Å²) in [5.41, 5.74) is -0.519. The first-order valence-electron chi connectivity index (χ1n) is 5.41. The van der Waals surface area contributed by atoms with Gasteiger partial charge in [0.2, 0.25) is 0 Å². The zero-order chi connectivity index (χ0) is 10.6. The minimum Gasteiger partial charge on any atom is -0.455 e. The maximum absolute atomic E-state index is 11.7. The quantitative estimate of drug-likeness (QED) is 0.512. The first-order chi connectivity index (χ1) is 6.55. The lowest BCUT2D eigenvalue weighted by molar-refractivity contribution is -0.158. The molecule has 1 aliphatic rings. The zero-order valence-electron chi connectivity index (χ0n) is 9.21. The van der Waals surface area contributed by atoms with Crippen molar-refractivity contribution in [2.24, 2.45) is 5.92 Å². The number of hydrogen-bond acceptors (Lipinski definition) is 2. The van der Waals surface area contributed by atoms with E-state index >= 15 is 0 Å². The molecule has 14 heavy (non-hydrogen) atoms. The van der Waals surface area contributed by atoms with Crippen molar-refractivity contribution in [2.75, 3.05) is 0 Å². The second kappa shape index (κ2) is 4.63. The number of carbonyl (C=O) groups is 1. The third-order valence-corrected chi connectivity index (χ3v) is 2.79. The van der Waals surface area contributed by atoms with Crippen molar-refractivity contribution < 1.29 is 9.53 Å². The van der Waals surface area contributed by atoms with Gasteiger partial charge in [-0.25, -0.2) is 0 Å². The number of ether oxygens (including phenoxy) is 1. The Hall–Kier alpha value is -0.790. The lowest BCUT2D eigenvalue weighted by Crippen LogP contribution is -2.30. The smallest absolute Gasteiger partial charge is 0.309 e. The van der Waals surface area contributed by atoms with Crippen LogP contribution in [-0.4, -0.2) is 11.6 Å². The molecule has 2 nitrogen and oxygen atoms in total. The van der Waals surface area contributed by atoms with Gasteiger partial charge in [-0.15, -0.1) is 0 Å². The molecular weight excluding hydrogens is 176 g/mol. The van der Waals surface area contributed by atoms with E-state index in [1.54, 1.807) is 6.08 Å². The van der Waals surface area contributed by atoms with Gasteiger partial charge in [-0.3, -0.25) is 4.79 Å². The second-order valence-corrected chi connectivity index (χ2v) is 4.56. The maximum atomic E-state index is 11.7. The molecule has 0 aromatic carbocycles. The highest BCUT2D eigenvalue weighted by atomic mass is 16.6. The summed E-state index contributed by atoms with van der Waals surface area (Å²) in [4.78, 5) is 11.7. The molecule has 1 aliphatic carbocycles. The molecule has 0 spiro atoms. The Balaban J connectivity index is 2.44. The van der Waals surface area contributed by atoms with Gasteiger partial charge in [0.05, 0.1) is 5.92 Å². The Morgan fingerprint density at radius 2 is 1.93 bits per heavy atom. The Kier molecular flexibility index (Phi) is 3.73. The highest BCUT2D eigenvalue weighted by Crippen LogP contribution is 2.26. The van der Waals surface area contributed by atoms with Crippen molar-refractivity contribution in [3.63, 3.8) is 0 Å². The van der Waals surface area contributed by atoms with Crippen LogP contribution in [0.4, 0.5) is 0 Å². The third kappa shape index (κ3) is 3.17. The molecule has 1 saturated carbocycles. The van der Waals surface area contributed by atoms with E-state index in [-0.39, 0.29) is 11.9 Å². The van der Waals surface area contributed by atoms with Gasteiger partial charge in [0.15, 0.2) is 0 Å². The van der Waals surface area contributed by atoms with E-state index in [1.165, 1.54) is 6.42 Å². The molecule has 0 radical (unpaired) electrons. The van der Waals surface area contributed by atoms with Crippen molar-refractivity contribution >= 4 is 5.97 Å². The zero-order valence-corrected chi connectivity index (χ0v) is 9.21. The van der Waals surface area contributed by atoms with Crippen LogP contribution >= 0.6 is 0 Å². The summed E-state index contributed by atoms with van der Waals surface area (Å²) in [6.45, 7) is 7.38. The molecule has 0 aliphatic heterocycles. The van der Waals surface area contributed by atoms with Gasteiger partial charge in [0.1, 0.15) is 5.60 Å². The van der Waals surface area contributed by atoms with E-state index in [9.17, 15) is 4.79 Å². The summed E-state index contributed by atoms with van der Waals surface area (Å²) in [5, 5.41) is 0. The average molecular weight is 196 g/mol. The average Bonchev–Trinajstić information content (AvgIpc) is 2.19. The summed E-state index contributed by atoms with van der Waals surface area (Å²) in [6.07, 6.45) is 7.24. The lowest BCUT2D eigenvalue weighted by Gasteiger charge is -2.26. The fourth-order valence-electron chi connectivity index (χ4n) is 1.72. The van der Waals surface area contributed by atoms with E-state index in [4.69, 9.17) is 4.74 Å². The van der Waals surface area contributed by atoms with Crippen molar-refractivity contribution in [3.05, 3.63) is 12.7 Å². The fraction of sp³-hybridized carbons (Fsp3) is 0.750. The predicted molar refractivity (Wildman–Crippen MR) is 56.9 cm³/mol. The first-order valence-corrected chi connectivity index (χ1v) is 5.41. The molecule has 0 atom stereocenters. The van der Waals surface area contributed by atoms with Crippen LogP contribution < -0.4 is 0 Å². The fourth-order valence-corrected chi connectivity index (χ4v) is 1.72. The van der Waals surface area contributed by atoms with Crippen LogP contribution in [-0.2, 0) is 9.53 Å². The molecular formula is C12H20O2. The topological polar surface area (TPSA) is 26.3 Å². The molecule has 0 amide bonds. The largest absolute Gasteiger partial charge is 0.455 e. The molecule has 1 fully saturated rings. The Morgan fingerprint density at radius 1 is 1.36 bits per heavy atom. The summed E-state index contributed by atoms with van der Waals surface area (Å²) in [7, 11) is 0. The van der Waals surface area contributed by atoms with E-state index in [1.807, 2.05) is 13.8 Å². The molecule has 0 bridgehead atoms. The Labute approximate surface area is 86.3 Å². The molecule has 0 heterocycles. The summed E-state index contributed by atoms with van der Waals surface area (Å²) in [5.74, 6) is 0.0811. The molecule has 0 N–H and O–H groups in total. The van der Waals surface area contributed by atoms with Gasteiger partial charge in [0, 0.05) is 0 Å². The van der Waals surface area contributed by atoms with Crippen LogP contribution in [0.15, 0.2) is 12.7 Å². The minimum absolute atomic E-state index is 0.0467. The van der Waals surface area contributed by atoms with E-state index < -0.39 is 5.60 Å². The highest BCUT2D eigenvalue weighted by Gasteiger charge is 2.27. The Bertz CT molecular complexity index is 212. The van der Waals surface area contributed by atoms with Crippen LogP contribution in [0.1, 0.15) is 46.0 Å². The standard InChI is InChI=1S/C12H20O2/c1-4-12(2,3)14-11(13)10-8-6-5-7-9-10/h4,10H,1,5-9H2,2-3H3. The van der Waals surface area contributed by atoms with Gasteiger partial charge >= 0.3 is 5.97 Å². The molecule has 0 aromatic heterocycles. The first kappa shape index (κ1) is 11.3. The number of esters is 1. The lowest BCUT2D eigenvalue weighted by atomic mass is 9.89. The third-order valence-electron chi connectivity index (χ3n) is 2.79. The van der Waals surface area contributed by atoms with Crippen LogP contribution in [0.25, 0.3) is 0 Å². The van der Waals surface area contributed by atoms with Crippen LogP contribution in [0.3, 0.4) is 0 Å².